The van der Waals surface area contributed by atoms with Crippen LogP contribution in [0.4, 0.5) is 5.69 Å². The second kappa shape index (κ2) is 4.57. The lowest BCUT2D eigenvalue weighted by atomic mass is 10.2. The molecule has 0 aromatic carbocycles. The van der Waals surface area contributed by atoms with Gasteiger partial charge in [-0.25, -0.2) is 0 Å². The van der Waals surface area contributed by atoms with E-state index in [1.807, 2.05) is 13.8 Å². The van der Waals surface area contributed by atoms with Crippen LogP contribution in [0.5, 0.6) is 0 Å². The standard InChI is InChI=1S/C11H16N4O2/c1-3-7(2)15-10(16)4-9(11(15)17)14-8-5-12-13-6-8/h5-7,9,14H,3-4H2,1-2H3,(H,12,13). The van der Waals surface area contributed by atoms with Crippen LogP contribution in [-0.4, -0.2) is 39.0 Å². The van der Waals surface area contributed by atoms with E-state index >= 15 is 0 Å². The highest BCUT2D eigenvalue weighted by Gasteiger charge is 2.40. The van der Waals surface area contributed by atoms with E-state index in [1.165, 1.54) is 4.90 Å². The lowest BCUT2D eigenvalue weighted by Crippen LogP contribution is -2.40. The Morgan fingerprint density at radius 1 is 1.65 bits per heavy atom. The average molecular weight is 236 g/mol. The molecule has 1 aromatic heterocycles. The monoisotopic (exact) mass is 236 g/mol. The predicted octanol–water partition coefficient (Wildman–Crippen LogP) is 0.748. The van der Waals surface area contributed by atoms with E-state index in [1.54, 1.807) is 12.4 Å². The number of rotatable bonds is 4. The number of nitrogens with one attached hydrogen (secondary N) is 2. The number of nitrogens with zero attached hydrogens (tertiary/aromatic N) is 2. The number of aromatic amines is 1. The zero-order chi connectivity index (χ0) is 12.4. The third-order valence-electron chi connectivity index (χ3n) is 3.05. The Hall–Kier alpha value is -1.85. The SMILES string of the molecule is CCC(C)N1C(=O)CC(Nc2cn[nH]c2)C1=O. The third kappa shape index (κ3) is 2.15. The van der Waals surface area contributed by atoms with Crippen molar-refractivity contribution in [2.45, 2.75) is 38.8 Å². The van der Waals surface area contributed by atoms with Gasteiger partial charge in [0.1, 0.15) is 6.04 Å². The third-order valence-corrected chi connectivity index (χ3v) is 3.05. The van der Waals surface area contributed by atoms with Crippen LogP contribution < -0.4 is 5.32 Å². The summed E-state index contributed by atoms with van der Waals surface area (Å²) in [5.74, 6) is -0.254. The summed E-state index contributed by atoms with van der Waals surface area (Å²) in [6.07, 6.45) is 4.23. The molecule has 1 fully saturated rings. The van der Waals surface area contributed by atoms with Crippen molar-refractivity contribution in [3.63, 3.8) is 0 Å². The quantitative estimate of drug-likeness (QED) is 0.756. The van der Waals surface area contributed by atoms with Crippen molar-refractivity contribution in [1.82, 2.24) is 15.1 Å². The maximum absolute atomic E-state index is 12.1. The molecular weight excluding hydrogens is 220 g/mol. The Morgan fingerprint density at radius 2 is 2.41 bits per heavy atom. The van der Waals surface area contributed by atoms with Gasteiger partial charge in [-0.1, -0.05) is 6.92 Å². The Balaban J connectivity index is 2.08. The highest BCUT2D eigenvalue weighted by molar-refractivity contribution is 6.07. The van der Waals surface area contributed by atoms with Gasteiger partial charge in [-0.2, -0.15) is 5.10 Å². The molecule has 0 radical (unpaired) electrons. The molecule has 2 unspecified atom stereocenters. The summed E-state index contributed by atoms with van der Waals surface area (Å²) in [4.78, 5) is 25.2. The minimum atomic E-state index is -0.464. The molecule has 6 nitrogen and oxygen atoms in total. The fourth-order valence-corrected chi connectivity index (χ4v) is 1.94. The first kappa shape index (κ1) is 11.6. The fourth-order valence-electron chi connectivity index (χ4n) is 1.94. The number of hydrogen-bond donors (Lipinski definition) is 2. The molecule has 2 N–H and O–H groups in total. The summed E-state index contributed by atoms with van der Waals surface area (Å²) in [5.41, 5.74) is 0.724. The van der Waals surface area contributed by atoms with Crippen LogP contribution in [0.15, 0.2) is 12.4 Å². The number of anilines is 1. The van der Waals surface area contributed by atoms with E-state index in [9.17, 15) is 9.59 Å². The van der Waals surface area contributed by atoms with Crippen LogP contribution in [-0.2, 0) is 9.59 Å². The molecule has 17 heavy (non-hydrogen) atoms. The molecule has 2 rings (SSSR count). The van der Waals surface area contributed by atoms with Crippen molar-refractivity contribution >= 4 is 17.5 Å². The van der Waals surface area contributed by atoms with Crippen molar-refractivity contribution in [3.8, 4) is 0 Å². The second-order valence-electron chi connectivity index (χ2n) is 4.25. The normalized spacial score (nSPS) is 22.0. The van der Waals surface area contributed by atoms with Crippen molar-refractivity contribution < 1.29 is 9.59 Å². The molecule has 2 heterocycles. The Labute approximate surface area is 99.4 Å². The van der Waals surface area contributed by atoms with Gasteiger partial charge in [-0.15, -0.1) is 0 Å². The van der Waals surface area contributed by atoms with Crippen LogP contribution in [0.1, 0.15) is 26.7 Å². The van der Waals surface area contributed by atoms with Crippen molar-refractivity contribution in [2.75, 3.05) is 5.32 Å². The molecule has 6 heteroatoms. The van der Waals surface area contributed by atoms with Crippen molar-refractivity contribution in [3.05, 3.63) is 12.4 Å². The molecular formula is C11H16N4O2. The summed E-state index contributed by atoms with van der Waals surface area (Å²) in [7, 11) is 0. The van der Waals surface area contributed by atoms with Crippen LogP contribution >= 0.6 is 0 Å². The van der Waals surface area contributed by atoms with E-state index in [2.05, 4.69) is 15.5 Å². The molecule has 1 aliphatic heterocycles. The first-order valence-electron chi connectivity index (χ1n) is 5.74. The Bertz CT molecular complexity index is 415. The first-order valence-corrected chi connectivity index (χ1v) is 5.74. The number of H-pyrrole nitrogens is 1. The molecule has 2 amide bonds. The average Bonchev–Trinajstić information content (AvgIpc) is 2.89. The van der Waals surface area contributed by atoms with Crippen LogP contribution in [0.25, 0.3) is 0 Å². The zero-order valence-corrected chi connectivity index (χ0v) is 9.93. The predicted molar refractivity (Wildman–Crippen MR) is 62.2 cm³/mol. The van der Waals surface area contributed by atoms with Crippen molar-refractivity contribution in [1.29, 1.82) is 0 Å². The molecule has 0 bridgehead atoms. The fraction of sp³-hybridized carbons (Fsp3) is 0.545. The molecule has 2 atom stereocenters. The maximum atomic E-state index is 12.1. The van der Waals surface area contributed by atoms with Crippen LogP contribution in [0.3, 0.4) is 0 Å². The molecule has 1 saturated heterocycles. The highest BCUT2D eigenvalue weighted by atomic mass is 16.2. The minimum Gasteiger partial charge on any atom is -0.371 e. The summed E-state index contributed by atoms with van der Waals surface area (Å²) >= 11 is 0. The van der Waals surface area contributed by atoms with E-state index in [0.717, 1.165) is 12.1 Å². The highest BCUT2D eigenvalue weighted by Crippen LogP contribution is 2.20. The van der Waals surface area contributed by atoms with Gasteiger partial charge in [0, 0.05) is 12.2 Å². The maximum Gasteiger partial charge on any atom is 0.252 e. The lowest BCUT2D eigenvalue weighted by Gasteiger charge is -2.21. The van der Waals surface area contributed by atoms with Gasteiger partial charge in [0.2, 0.25) is 5.91 Å². The molecule has 0 aliphatic carbocycles. The second-order valence-corrected chi connectivity index (χ2v) is 4.25. The number of hydrogen-bond acceptors (Lipinski definition) is 4. The number of aromatic nitrogens is 2. The van der Waals surface area contributed by atoms with E-state index in [4.69, 9.17) is 0 Å². The summed E-state index contributed by atoms with van der Waals surface area (Å²) in [6.45, 7) is 3.85. The van der Waals surface area contributed by atoms with Gasteiger partial charge >= 0.3 is 0 Å². The minimum absolute atomic E-state index is 0.0360. The summed E-state index contributed by atoms with van der Waals surface area (Å²) in [5, 5.41) is 9.44. The number of carbonyl (C=O) groups excluding carboxylic acids is 2. The summed E-state index contributed by atoms with van der Waals surface area (Å²) < 4.78 is 0. The Kier molecular flexibility index (Phi) is 3.12. The largest absolute Gasteiger partial charge is 0.371 e. The molecule has 1 aromatic rings. The van der Waals surface area contributed by atoms with Crippen molar-refractivity contribution in [2.24, 2.45) is 0 Å². The molecule has 1 aliphatic rings. The topological polar surface area (TPSA) is 78.1 Å². The number of likely N-dealkylation sites (tertiary alicyclic amines) is 1. The summed E-state index contributed by atoms with van der Waals surface area (Å²) in [6, 6.07) is -0.500. The number of carbonyl (C=O) groups is 2. The van der Waals surface area contributed by atoms with Crippen LogP contribution in [0, 0.1) is 0 Å². The smallest absolute Gasteiger partial charge is 0.252 e. The van der Waals surface area contributed by atoms with Gasteiger partial charge < -0.3 is 5.32 Å². The molecule has 0 saturated carbocycles. The van der Waals surface area contributed by atoms with Gasteiger partial charge in [0.05, 0.1) is 18.3 Å². The van der Waals surface area contributed by atoms with E-state index < -0.39 is 6.04 Å². The van der Waals surface area contributed by atoms with Gasteiger partial charge in [0.25, 0.3) is 5.91 Å². The first-order chi connectivity index (χ1) is 8.13. The van der Waals surface area contributed by atoms with E-state index in [0.29, 0.717) is 0 Å². The van der Waals surface area contributed by atoms with Gasteiger partial charge in [0.15, 0.2) is 0 Å². The van der Waals surface area contributed by atoms with Gasteiger partial charge in [-0.3, -0.25) is 19.6 Å². The zero-order valence-electron chi connectivity index (χ0n) is 9.93. The van der Waals surface area contributed by atoms with Crippen LogP contribution in [0.2, 0.25) is 0 Å². The lowest BCUT2D eigenvalue weighted by molar-refractivity contribution is -0.140. The number of amides is 2. The Morgan fingerprint density at radius 3 is 3.00 bits per heavy atom. The molecule has 92 valence electrons. The number of imide groups is 1. The molecule has 0 spiro atoms. The van der Waals surface area contributed by atoms with Gasteiger partial charge in [-0.05, 0) is 13.3 Å². The van der Waals surface area contributed by atoms with E-state index in [-0.39, 0.29) is 24.3 Å².